The summed E-state index contributed by atoms with van der Waals surface area (Å²) in [5.41, 5.74) is 0.755. The molecule has 2 rings (SSSR count). The second-order valence-electron chi connectivity index (χ2n) is 5.61. The van der Waals surface area contributed by atoms with Crippen molar-refractivity contribution in [3.63, 3.8) is 0 Å². The third-order valence-electron chi connectivity index (χ3n) is 4.23. The van der Waals surface area contributed by atoms with E-state index in [0.29, 0.717) is 12.2 Å². The highest BCUT2D eigenvalue weighted by Crippen LogP contribution is 2.35. The number of esters is 2. The Hall–Kier alpha value is -2.57. The first-order valence-electron chi connectivity index (χ1n) is 7.59. The van der Waals surface area contributed by atoms with Crippen LogP contribution in [0.4, 0.5) is 0 Å². The molecule has 7 nitrogen and oxygen atoms in total. The van der Waals surface area contributed by atoms with E-state index in [4.69, 9.17) is 14.2 Å². The first-order valence-corrected chi connectivity index (χ1v) is 7.59. The molecule has 1 fully saturated rings. The molecular weight excluding hydrogens is 314 g/mol. The van der Waals surface area contributed by atoms with Crippen molar-refractivity contribution in [1.82, 2.24) is 5.32 Å². The molecule has 0 aromatic heterocycles. The zero-order valence-corrected chi connectivity index (χ0v) is 13.9. The smallest absolute Gasteiger partial charge is 0.328 e. The number of hydrogen-bond acceptors (Lipinski definition) is 6. The lowest BCUT2D eigenvalue weighted by atomic mass is 9.76. The number of methoxy groups -OCH3 is 3. The number of rotatable bonds is 5. The maximum atomic E-state index is 12.6. The third kappa shape index (κ3) is 3.84. The van der Waals surface area contributed by atoms with Crippen molar-refractivity contribution in [1.29, 1.82) is 0 Å². The predicted molar refractivity (Wildman–Crippen MR) is 84.4 cm³/mol. The molecule has 1 amide bonds. The van der Waals surface area contributed by atoms with Crippen LogP contribution >= 0.6 is 0 Å². The van der Waals surface area contributed by atoms with Gasteiger partial charge in [0, 0.05) is 6.42 Å². The minimum atomic E-state index is -0.758. The first-order chi connectivity index (χ1) is 11.5. The van der Waals surface area contributed by atoms with E-state index in [2.05, 4.69) is 5.32 Å². The molecule has 0 bridgehead atoms. The number of carbonyl (C=O) groups excluding carboxylic acids is 3. The molecule has 0 unspecified atom stereocenters. The molecule has 0 spiro atoms. The molecule has 1 aromatic carbocycles. The molecule has 1 aliphatic heterocycles. The molecular formula is C17H21NO6. The molecule has 7 heteroatoms. The van der Waals surface area contributed by atoms with Gasteiger partial charge in [-0.2, -0.15) is 0 Å². The van der Waals surface area contributed by atoms with Gasteiger partial charge in [0.2, 0.25) is 5.91 Å². The highest BCUT2D eigenvalue weighted by Gasteiger charge is 2.41. The van der Waals surface area contributed by atoms with Gasteiger partial charge in [-0.05, 0) is 30.0 Å². The lowest BCUT2D eigenvalue weighted by Gasteiger charge is -2.34. The van der Waals surface area contributed by atoms with Gasteiger partial charge in [0.25, 0.3) is 0 Å². The van der Waals surface area contributed by atoms with Gasteiger partial charge in [0.15, 0.2) is 0 Å². The minimum Gasteiger partial charge on any atom is -0.497 e. The van der Waals surface area contributed by atoms with E-state index in [1.165, 1.54) is 14.2 Å². The van der Waals surface area contributed by atoms with Crippen LogP contribution in [0.1, 0.15) is 24.3 Å². The van der Waals surface area contributed by atoms with Crippen LogP contribution in [0.3, 0.4) is 0 Å². The fourth-order valence-corrected chi connectivity index (χ4v) is 3.00. The second-order valence-corrected chi connectivity index (χ2v) is 5.61. The lowest BCUT2D eigenvalue weighted by Crippen LogP contribution is -2.51. The van der Waals surface area contributed by atoms with Crippen LogP contribution in [0.15, 0.2) is 24.3 Å². The van der Waals surface area contributed by atoms with Crippen LogP contribution in [-0.2, 0) is 23.9 Å². The van der Waals surface area contributed by atoms with Gasteiger partial charge in [0.1, 0.15) is 11.8 Å². The molecule has 3 atom stereocenters. The van der Waals surface area contributed by atoms with Crippen molar-refractivity contribution < 1.29 is 28.6 Å². The molecule has 1 aromatic rings. The first kappa shape index (κ1) is 17.8. The average Bonchev–Trinajstić information content (AvgIpc) is 2.60. The molecule has 1 saturated heterocycles. The van der Waals surface area contributed by atoms with Crippen molar-refractivity contribution in [2.45, 2.75) is 24.8 Å². The summed E-state index contributed by atoms with van der Waals surface area (Å²) in [6.45, 7) is 0. The van der Waals surface area contributed by atoms with Gasteiger partial charge in [-0.25, -0.2) is 4.79 Å². The fourth-order valence-electron chi connectivity index (χ4n) is 3.00. The number of benzene rings is 1. The fraction of sp³-hybridized carbons (Fsp3) is 0.471. The maximum Gasteiger partial charge on any atom is 0.328 e. The summed E-state index contributed by atoms with van der Waals surface area (Å²) in [7, 11) is 4.12. The van der Waals surface area contributed by atoms with Crippen molar-refractivity contribution in [2.24, 2.45) is 5.92 Å². The third-order valence-corrected chi connectivity index (χ3v) is 4.23. The summed E-state index contributed by atoms with van der Waals surface area (Å²) in [5, 5.41) is 2.67. The Morgan fingerprint density at radius 1 is 1.12 bits per heavy atom. The van der Waals surface area contributed by atoms with E-state index in [0.717, 1.165) is 5.56 Å². The topological polar surface area (TPSA) is 90.9 Å². The molecule has 0 radical (unpaired) electrons. The van der Waals surface area contributed by atoms with Crippen LogP contribution in [0.5, 0.6) is 5.75 Å². The zero-order valence-electron chi connectivity index (χ0n) is 13.9. The second kappa shape index (κ2) is 7.81. The predicted octanol–water partition coefficient (Wildman–Crippen LogP) is 1.02. The molecule has 1 aliphatic rings. The SMILES string of the molecule is COC(=O)C[C@@H]1C[C@@H](C(=O)OC)NC(=O)[C@@H]1c1ccc(OC)cc1. The van der Waals surface area contributed by atoms with Crippen LogP contribution in [-0.4, -0.2) is 45.2 Å². The van der Waals surface area contributed by atoms with Gasteiger partial charge in [-0.1, -0.05) is 12.1 Å². The van der Waals surface area contributed by atoms with E-state index in [1.807, 2.05) is 0 Å². The Kier molecular flexibility index (Phi) is 5.78. The molecule has 1 N–H and O–H groups in total. The van der Waals surface area contributed by atoms with Crippen LogP contribution in [0, 0.1) is 5.92 Å². The summed E-state index contributed by atoms with van der Waals surface area (Å²) in [4.78, 5) is 36.0. The number of piperidine rings is 1. The van der Waals surface area contributed by atoms with Gasteiger partial charge < -0.3 is 19.5 Å². The van der Waals surface area contributed by atoms with Crippen molar-refractivity contribution in [2.75, 3.05) is 21.3 Å². The summed E-state index contributed by atoms with van der Waals surface area (Å²) in [5.74, 6) is -1.48. The molecule has 24 heavy (non-hydrogen) atoms. The number of hydrogen-bond donors (Lipinski definition) is 1. The Labute approximate surface area is 140 Å². The summed E-state index contributed by atoms with van der Waals surface area (Å²) in [6.07, 6.45) is 0.359. The van der Waals surface area contributed by atoms with Crippen LogP contribution < -0.4 is 10.1 Å². The molecule has 0 aliphatic carbocycles. The molecule has 0 saturated carbocycles. The van der Waals surface area contributed by atoms with E-state index >= 15 is 0 Å². The van der Waals surface area contributed by atoms with Gasteiger partial charge in [-0.3, -0.25) is 9.59 Å². The minimum absolute atomic E-state index is 0.0497. The zero-order chi connectivity index (χ0) is 17.7. The van der Waals surface area contributed by atoms with Gasteiger partial charge in [0.05, 0.1) is 27.2 Å². The number of ether oxygens (including phenoxy) is 3. The lowest BCUT2D eigenvalue weighted by molar-refractivity contribution is -0.150. The maximum absolute atomic E-state index is 12.6. The monoisotopic (exact) mass is 335 g/mol. The van der Waals surface area contributed by atoms with E-state index < -0.39 is 23.9 Å². The van der Waals surface area contributed by atoms with Gasteiger partial charge in [-0.15, -0.1) is 0 Å². The van der Waals surface area contributed by atoms with E-state index in [-0.39, 0.29) is 18.2 Å². The van der Waals surface area contributed by atoms with E-state index in [1.54, 1.807) is 31.4 Å². The Bertz CT molecular complexity index is 612. The molecule has 1 heterocycles. The average molecular weight is 335 g/mol. The van der Waals surface area contributed by atoms with Crippen LogP contribution in [0.25, 0.3) is 0 Å². The standard InChI is InChI=1S/C17H21NO6/c1-22-12-6-4-10(5-7-12)15-11(9-14(19)23-2)8-13(17(21)24-3)18-16(15)20/h4-7,11,13,15H,8-9H2,1-3H3,(H,18,20)/t11-,13-,15+/m0/s1. The molecule has 130 valence electrons. The van der Waals surface area contributed by atoms with Crippen molar-refractivity contribution in [3.8, 4) is 5.75 Å². The summed E-state index contributed by atoms with van der Waals surface area (Å²) < 4.78 is 14.5. The summed E-state index contributed by atoms with van der Waals surface area (Å²) >= 11 is 0. The van der Waals surface area contributed by atoms with E-state index in [9.17, 15) is 14.4 Å². The Morgan fingerprint density at radius 2 is 1.79 bits per heavy atom. The van der Waals surface area contributed by atoms with Crippen molar-refractivity contribution in [3.05, 3.63) is 29.8 Å². The quantitative estimate of drug-likeness (QED) is 0.808. The van der Waals surface area contributed by atoms with Crippen molar-refractivity contribution >= 4 is 17.8 Å². The highest BCUT2D eigenvalue weighted by atomic mass is 16.5. The number of carbonyl (C=O) groups is 3. The summed E-state index contributed by atoms with van der Waals surface area (Å²) in [6, 6.07) is 6.32. The normalized spacial score (nSPS) is 23.1. The Morgan fingerprint density at radius 3 is 2.33 bits per heavy atom. The van der Waals surface area contributed by atoms with Crippen LogP contribution in [0.2, 0.25) is 0 Å². The highest BCUT2D eigenvalue weighted by molar-refractivity contribution is 5.91. The van der Waals surface area contributed by atoms with Gasteiger partial charge >= 0.3 is 11.9 Å². The number of nitrogens with one attached hydrogen (secondary N) is 1. The Balaban J connectivity index is 2.29. The largest absolute Gasteiger partial charge is 0.497 e. The number of amides is 1.